The molecule has 3 atom stereocenters. The Morgan fingerprint density at radius 3 is 2.60 bits per heavy atom. The third-order valence-corrected chi connectivity index (χ3v) is 4.09. The Bertz CT molecular complexity index is 328. The van der Waals surface area contributed by atoms with Crippen molar-refractivity contribution >= 4 is 11.7 Å². The summed E-state index contributed by atoms with van der Waals surface area (Å²) in [5.74, 6) is 0.719. The predicted molar refractivity (Wildman–Crippen MR) is 79.2 cm³/mol. The van der Waals surface area contributed by atoms with E-state index in [0.717, 1.165) is 25.7 Å². The van der Waals surface area contributed by atoms with Gasteiger partial charge in [0, 0.05) is 18.3 Å². The van der Waals surface area contributed by atoms with Crippen LogP contribution >= 0.6 is 0 Å². The second kappa shape index (κ2) is 8.40. The van der Waals surface area contributed by atoms with Gasteiger partial charge >= 0.3 is 0 Å². The maximum atomic E-state index is 12.1. The first-order valence-corrected chi connectivity index (χ1v) is 7.88. The summed E-state index contributed by atoms with van der Waals surface area (Å²) < 4.78 is 0. The number of carbonyl (C=O) groups excluding carboxylic acids is 2. The largest absolute Gasteiger partial charge is 0.394 e. The van der Waals surface area contributed by atoms with Crippen molar-refractivity contribution in [2.45, 2.75) is 65.3 Å². The normalized spacial score (nSPS) is 22.6. The van der Waals surface area contributed by atoms with Gasteiger partial charge < -0.3 is 10.4 Å². The topological polar surface area (TPSA) is 66.4 Å². The van der Waals surface area contributed by atoms with Gasteiger partial charge in [0.1, 0.15) is 5.78 Å². The molecule has 20 heavy (non-hydrogen) atoms. The van der Waals surface area contributed by atoms with Crippen molar-refractivity contribution in [2.75, 3.05) is 6.61 Å². The Kier molecular flexibility index (Phi) is 7.20. The number of amides is 1. The van der Waals surface area contributed by atoms with E-state index in [1.807, 2.05) is 6.92 Å². The van der Waals surface area contributed by atoms with E-state index >= 15 is 0 Å². The van der Waals surface area contributed by atoms with Crippen molar-refractivity contribution in [3.63, 3.8) is 0 Å². The van der Waals surface area contributed by atoms with Crippen LogP contribution in [0.5, 0.6) is 0 Å². The first-order chi connectivity index (χ1) is 9.43. The fourth-order valence-corrected chi connectivity index (χ4v) is 2.98. The van der Waals surface area contributed by atoms with Crippen LogP contribution in [0, 0.1) is 17.8 Å². The molecule has 1 aliphatic carbocycles. The molecule has 0 heterocycles. The number of hydrogen-bond donors (Lipinski definition) is 2. The van der Waals surface area contributed by atoms with Gasteiger partial charge in [-0.05, 0) is 31.6 Å². The molecule has 1 saturated carbocycles. The van der Waals surface area contributed by atoms with Crippen molar-refractivity contribution < 1.29 is 14.7 Å². The van der Waals surface area contributed by atoms with Crippen LogP contribution in [0.2, 0.25) is 0 Å². The van der Waals surface area contributed by atoms with Crippen molar-refractivity contribution in [1.29, 1.82) is 0 Å². The van der Waals surface area contributed by atoms with Gasteiger partial charge in [-0.3, -0.25) is 9.59 Å². The van der Waals surface area contributed by atoms with Crippen molar-refractivity contribution in [3.8, 4) is 0 Å². The van der Waals surface area contributed by atoms with Gasteiger partial charge in [-0.15, -0.1) is 0 Å². The Morgan fingerprint density at radius 1 is 1.35 bits per heavy atom. The van der Waals surface area contributed by atoms with E-state index in [1.54, 1.807) is 0 Å². The summed E-state index contributed by atoms with van der Waals surface area (Å²) in [5.41, 5.74) is 0. The van der Waals surface area contributed by atoms with Crippen molar-refractivity contribution in [1.82, 2.24) is 5.32 Å². The van der Waals surface area contributed by atoms with Crippen LogP contribution in [0.4, 0.5) is 0 Å². The highest BCUT2D eigenvalue weighted by molar-refractivity contribution is 5.82. The molecule has 0 radical (unpaired) electrons. The molecule has 0 bridgehead atoms. The molecular weight excluding hydrogens is 254 g/mol. The number of Topliss-reactive ketones (excluding diaryl/α,β-unsaturated/α-hetero) is 1. The van der Waals surface area contributed by atoms with E-state index in [1.165, 1.54) is 0 Å². The number of aliphatic hydroxyl groups excluding tert-OH is 1. The zero-order chi connectivity index (χ0) is 15.1. The van der Waals surface area contributed by atoms with Crippen molar-refractivity contribution in [3.05, 3.63) is 0 Å². The average Bonchev–Trinajstić information content (AvgIpc) is 2.39. The minimum Gasteiger partial charge on any atom is -0.394 e. The highest BCUT2D eigenvalue weighted by Gasteiger charge is 2.26. The summed E-state index contributed by atoms with van der Waals surface area (Å²) in [6, 6.07) is -0.288. The molecule has 1 amide bonds. The second-order valence-corrected chi connectivity index (χ2v) is 6.56. The van der Waals surface area contributed by atoms with Crippen molar-refractivity contribution in [2.24, 2.45) is 17.8 Å². The molecule has 0 aromatic carbocycles. The summed E-state index contributed by atoms with van der Waals surface area (Å²) in [6.07, 6.45) is 5.03. The lowest BCUT2D eigenvalue weighted by Gasteiger charge is -2.26. The lowest BCUT2D eigenvalue weighted by molar-refractivity contribution is -0.128. The van der Waals surface area contributed by atoms with Gasteiger partial charge in [0.2, 0.25) is 5.91 Å². The standard InChI is InChI=1S/C16H29NO3/c1-11(2)8-12(3)16(20)17-14(10-18)9-13-6-4-5-7-15(13)19/h11-14,18H,4-10H2,1-3H3,(H,17,20)/t12-,13-,14-/m0/s1. The molecule has 1 aliphatic rings. The summed E-state index contributed by atoms with van der Waals surface area (Å²) in [4.78, 5) is 23.9. The van der Waals surface area contributed by atoms with Gasteiger partial charge in [0.15, 0.2) is 0 Å². The van der Waals surface area contributed by atoms with E-state index in [-0.39, 0.29) is 30.4 Å². The molecule has 0 spiro atoms. The second-order valence-electron chi connectivity index (χ2n) is 6.56. The van der Waals surface area contributed by atoms with Crippen LogP contribution in [0.25, 0.3) is 0 Å². The van der Waals surface area contributed by atoms with Crippen LogP contribution in [-0.4, -0.2) is 29.4 Å². The van der Waals surface area contributed by atoms with E-state index in [9.17, 15) is 14.7 Å². The van der Waals surface area contributed by atoms with Gasteiger partial charge in [0.25, 0.3) is 0 Å². The number of carbonyl (C=O) groups is 2. The summed E-state index contributed by atoms with van der Waals surface area (Å²) in [6.45, 7) is 6.00. The highest BCUT2D eigenvalue weighted by Crippen LogP contribution is 2.24. The summed E-state index contributed by atoms with van der Waals surface area (Å²) >= 11 is 0. The monoisotopic (exact) mass is 283 g/mol. The predicted octanol–water partition coefficient (Wildman–Crippen LogP) is 2.30. The molecule has 0 aromatic rings. The summed E-state index contributed by atoms with van der Waals surface area (Å²) in [5, 5.41) is 12.3. The van der Waals surface area contributed by atoms with Crippen LogP contribution in [0.15, 0.2) is 0 Å². The Hall–Kier alpha value is -0.900. The Labute approximate surface area is 122 Å². The third kappa shape index (κ3) is 5.61. The maximum Gasteiger partial charge on any atom is 0.223 e. The van der Waals surface area contributed by atoms with Crippen LogP contribution < -0.4 is 5.32 Å². The lowest BCUT2D eigenvalue weighted by atomic mass is 9.83. The minimum absolute atomic E-state index is 0.0130. The van der Waals surface area contributed by atoms with E-state index in [2.05, 4.69) is 19.2 Å². The smallest absolute Gasteiger partial charge is 0.223 e. The van der Waals surface area contributed by atoms with Crippen LogP contribution in [0.3, 0.4) is 0 Å². The maximum absolute atomic E-state index is 12.1. The van der Waals surface area contributed by atoms with Gasteiger partial charge in [-0.1, -0.05) is 27.2 Å². The van der Waals surface area contributed by atoms with E-state index in [4.69, 9.17) is 0 Å². The number of ketones is 1. The first kappa shape index (κ1) is 17.2. The Morgan fingerprint density at radius 2 is 2.05 bits per heavy atom. The highest BCUT2D eigenvalue weighted by atomic mass is 16.3. The summed E-state index contributed by atoms with van der Waals surface area (Å²) in [7, 11) is 0. The number of aliphatic hydroxyl groups is 1. The molecule has 1 fully saturated rings. The molecular formula is C16H29NO3. The van der Waals surface area contributed by atoms with Crippen LogP contribution in [0.1, 0.15) is 59.3 Å². The van der Waals surface area contributed by atoms with E-state index < -0.39 is 0 Å². The molecule has 1 rings (SSSR count). The zero-order valence-corrected chi connectivity index (χ0v) is 13.0. The average molecular weight is 283 g/mol. The van der Waals surface area contributed by atoms with Gasteiger partial charge in [-0.25, -0.2) is 0 Å². The van der Waals surface area contributed by atoms with Gasteiger partial charge in [-0.2, -0.15) is 0 Å². The quantitative estimate of drug-likeness (QED) is 0.753. The molecule has 0 saturated heterocycles. The molecule has 0 unspecified atom stereocenters. The lowest BCUT2D eigenvalue weighted by Crippen LogP contribution is -2.42. The molecule has 0 aromatic heterocycles. The molecule has 2 N–H and O–H groups in total. The fourth-order valence-electron chi connectivity index (χ4n) is 2.98. The number of hydrogen-bond acceptors (Lipinski definition) is 3. The molecule has 4 heteroatoms. The minimum atomic E-state index is -0.288. The molecule has 0 aliphatic heterocycles. The number of nitrogens with one attached hydrogen (secondary N) is 1. The molecule has 4 nitrogen and oxygen atoms in total. The first-order valence-electron chi connectivity index (χ1n) is 7.88. The molecule has 116 valence electrons. The third-order valence-electron chi connectivity index (χ3n) is 4.09. The van der Waals surface area contributed by atoms with E-state index in [0.29, 0.717) is 24.5 Å². The Balaban J connectivity index is 2.45. The van der Waals surface area contributed by atoms with Crippen LogP contribution in [-0.2, 0) is 9.59 Å². The SMILES string of the molecule is CC(C)C[C@H](C)C(=O)N[C@H](CO)C[C@@H]1CCCCC1=O. The number of rotatable bonds is 7. The fraction of sp³-hybridized carbons (Fsp3) is 0.875. The zero-order valence-electron chi connectivity index (χ0n) is 13.0. The van der Waals surface area contributed by atoms with Gasteiger partial charge in [0.05, 0.1) is 12.6 Å².